The van der Waals surface area contributed by atoms with Crippen LogP contribution in [-0.4, -0.2) is 16.7 Å². The van der Waals surface area contributed by atoms with E-state index in [2.05, 4.69) is 27.0 Å². The maximum Gasteiger partial charge on any atom is 0.125 e. The molecule has 21 heavy (non-hydrogen) atoms. The van der Waals surface area contributed by atoms with Crippen LogP contribution in [0.15, 0.2) is 28.9 Å². The zero-order valence-corrected chi connectivity index (χ0v) is 13.8. The number of nitrogens with zero attached hydrogens (tertiary/aromatic N) is 1. The number of aryl methyl sites for hydroxylation is 2. The molecule has 1 aliphatic heterocycles. The zero-order valence-electron chi connectivity index (χ0n) is 12.2. The molecule has 0 saturated heterocycles. The van der Waals surface area contributed by atoms with Crippen molar-refractivity contribution >= 4 is 15.9 Å². The number of hydrogen-bond donors (Lipinski definition) is 1. The van der Waals surface area contributed by atoms with Gasteiger partial charge in [-0.2, -0.15) is 0 Å². The van der Waals surface area contributed by atoms with E-state index in [1.54, 1.807) is 6.20 Å². The Morgan fingerprint density at radius 3 is 2.90 bits per heavy atom. The number of halogens is 1. The molecule has 2 aromatic rings. The second-order valence-electron chi connectivity index (χ2n) is 5.59. The van der Waals surface area contributed by atoms with Gasteiger partial charge in [0.2, 0.25) is 0 Å². The van der Waals surface area contributed by atoms with Crippen LogP contribution in [0, 0.1) is 13.8 Å². The van der Waals surface area contributed by atoms with Crippen molar-refractivity contribution in [3.8, 4) is 5.75 Å². The Bertz CT molecular complexity index is 685. The fraction of sp³-hybridized carbons (Fsp3) is 0.353. The number of hydrogen-bond acceptors (Lipinski definition) is 3. The van der Waals surface area contributed by atoms with E-state index in [0.29, 0.717) is 6.42 Å². The number of ether oxygens (including phenoxy) is 1. The number of rotatable bonds is 3. The largest absolute Gasteiger partial charge is 0.493 e. The summed E-state index contributed by atoms with van der Waals surface area (Å²) in [5.74, 6) is 0.932. The summed E-state index contributed by atoms with van der Waals surface area (Å²) < 4.78 is 6.75. The molecule has 0 amide bonds. The van der Waals surface area contributed by atoms with E-state index >= 15 is 0 Å². The molecule has 1 aromatic carbocycles. The molecule has 1 aliphatic rings. The molecule has 4 heteroatoms. The first-order valence-electron chi connectivity index (χ1n) is 7.10. The first-order chi connectivity index (χ1) is 10.0. The molecule has 0 saturated carbocycles. The molecule has 2 heterocycles. The number of aliphatic hydroxyl groups is 1. The van der Waals surface area contributed by atoms with Gasteiger partial charge in [0, 0.05) is 23.5 Å². The molecule has 3 rings (SSSR count). The molecule has 1 unspecified atom stereocenters. The fourth-order valence-corrected chi connectivity index (χ4v) is 3.43. The van der Waals surface area contributed by atoms with Crippen molar-refractivity contribution < 1.29 is 9.84 Å². The average molecular weight is 348 g/mol. The van der Waals surface area contributed by atoms with Crippen LogP contribution in [0.25, 0.3) is 0 Å². The smallest absolute Gasteiger partial charge is 0.125 e. The monoisotopic (exact) mass is 347 g/mol. The van der Waals surface area contributed by atoms with Crippen molar-refractivity contribution in [1.29, 1.82) is 0 Å². The lowest BCUT2D eigenvalue weighted by molar-refractivity contribution is 0.171. The van der Waals surface area contributed by atoms with Crippen LogP contribution >= 0.6 is 15.9 Å². The maximum absolute atomic E-state index is 10.5. The minimum Gasteiger partial charge on any atom is -0.493 e. The number of aliphatic hydroxyl groups excluding tert-OH is 1. The molecule has 110 valence electrons. The lowest BCUT2D eigenvalue weighted by Gasteiger charge is -2.15. The van der Waals surface area contributed by atoms with Gasteiger partial charge in [-0.15, -0.1) is 0 Å². The van der Waals surface area contributed by atoms with Gasteiger partial charge < -0.3 is 9.84 Å². The van der Waals surface area contributed by atoms with Crippen LogP contribution < -0.4 is 4.74 Å². The Labute approximate surface area is 133 Å². The fourth-order valence-electron chi connectivity index (χ4n) is 2.88. The highest BCUT2D eigenvalue weighted by Crippen LogP contribution is 2.35. The second-order valence-corrected chi connectivity index (χ2v) is 6.50. The van der Waals surface area contributed by atoms with Crippen LogP contribution in [0.1, 0.15) is 34.1 Å². The molecule has 0 bridgehead atoms. The van der Waals surface area contributed by atoms with Gasteiger partial charge in [0.25, 0.3) is 0 Å². The third-order valence-corrected chi connectivity index (χ3v) is 4.27. The third-order valence-electron chi connectivity index (χ3n) is 3.81. The average Bonchev–Trinajstić information content (AvgIpc) is 2.86. The van der Waals surface area contributed by atoms with Gasteiger partial charge in [0.15, 0.2) is 0 Å². The van der Waals surface area contributed by atoms with E-state index < -0.39 is 6.10 Å². The molecule has 1 aromatic heterocycles. The van der Waals surface area contributed by atoms with Crippen LogP contribution in [-0.2, 0) is 12.8 Å². The minimum absolute atomic E-state index is 0.513. The van der Waals surface area contributed by atoms with Gasteiger partial charge in [-0.05, 0) is 48.2 Å². The highest BCUT2D eigenvalue weighted by molar-refractivity contribution is 9.10. The van der Waals surface area contributed by atoms with Crippen molar-refractivity contribution in [3.63, 3.8) is 0 Å². The van der Waals surface area contributed by atoms with Gasteiger partial charge in [-0.3, -0.25) is 4.98 Å². The second kappa shape index (κ2) is 5.78. The van der Waals surface area contributed by atoms with Gasteiger partial charge in [-0.25, -0.2) is 0 Å². The lowest BCUT2D eigenvalue weighted by atomic mass is 9.99. The number of pyridine rings is 1. The first-order valence-corrected chi connectivity index (χ1v) is 7.89. The lowest BCUT2D eigenvalue weighted by Crippen LogP contribution is -2.07. The molecular formula is C17H18BrNO2. The van der Waals surface area contributed by atoms with Crippen molar-refractivity contribution in [2.75, 3.05) is 6.61 Å². The number of benzene rings is 1. The summed E-state index contributed by atoms with van der Waals surface area (Å²) in [6, 6.07) is 6.16. The summed E-state index contributed by atoms with van der Waals surface area (Å²) in [5.41, 5.74) is 5.11. The number of aromatic nitrogens is 1. The Balaban J connectivity index is 1.90. The van der Waals surface area contributed by atoms with Gasteiger partial charge in [0.1, 0.15) is 11.9 Å². The van der Waals surface area contributed by atoms with Crippen LogP contribution in [0.5, 0.6) is 5.75 Å². The van der Waals surface area contributed by atoms with Crippen LogP contribution in [0.4, 0.5) is 0 Å². The molecule has 0 aliphatic carbocycles. The predicted octanol–water partition coefficient (Wildman–Crippen LogP) is 3.67. The maximum atomic E-state index is 10.5. The highest BCUT2D eigenvalue weighted by Gasteiger charge is 2.21. The third kappa shape index (κ3) is 2.97. The molecule has 3 nitrogen and oxygen atoms in total. The van der Waals surface area contributed by atoms with Gasteiger partial charge >= 0.3 is 0 Å². The van der Waals surface area contributed by atoms with E-state index in [0.717, 1.165) is 45.6 Å². The van der Waals surface area contributed by atoms with Crippen molar-refractivity contribution in [2.24, 2.45) is 0 Å². The molecule has 1 N–H and O–H groups in total. The Morgan fingerprint density at radius 1 is 1.33 bits per heavy atom. The van der Waals surface area contributed by atoms with Gasteiger partial charge in [-0.1, -0.05) is 22.0 Å². The predicted molar refractivity (Wildman–Crippen MR) is 85.7 cm³/mol. The number of fused-ring (bicyclic) bond motifs is 1. The molecule has 0 spiro atoms. The van der Waals surface area contributed by atoms with E-state index in [9.17, 15) is 5.11 Å². The highest BCUT2D eigenvalue weighted by atomic mass is 79.9. The zero-order chi connectivity index (χ0) is 15.0. The minimum atomic E-state index is -0.617. The van der Waals surface area contributed by atoms with Gasteiger partial charge in [0.05, 0.1) is 12.3 Å². The normalized spacial score (nSPS) is 14.7. The van der Waals surface area contributed by atoms with Crippen LogP contribution in [0.2, 0.25) is 0 Å². The van der Waals surface area contributed by atoms with E-state index in [1.807, 2.05) is 26.0 Å². The summed E-state index contributed by atoms with van der Waals surface area (Å²) >= 11 is 3.53. The quantitative estimate of drug-likeness (QED) is 0.920. The van der Waals surface area contributed by atoms with E-state index in [-0.39, 0.29) is 0 Å². The summed E-state index contributed by atoms with van der Waals surface area (Å²) in [7, 11) is 0. The Hall–Kier alpha value is -1.39. The van der Waals surface area contributed by atoms with Crippen LogP contribution in [0.3, 0.4) is 0 Å². The topological polar surface area (TPSA) is 42.4 Å². The summed E-state index contributed by atoms with van der Waals surface area (Å²) in [5, 5.41) is 10.5. The SMILES string of the molecule is Cc1cnc(C(O)Cc2cc(Br)cc3c2OCC3)c(C)c1. The van der Waals surface area contributed by atoms with Crippen molar-refractivity contribution in [2.45, 2.75) is 32.8 Å². The summed E-state index contributed by atoms with van der Waals surface area (Å²) in [4.78, 5) is 4.39. The van der Waals surface area contributed by atoms with Crippen molar-refractivity contribution in [3.05, 3.63) is 56.8 Å². The summed E-state index contributed by atoms with van der Waals surface area (Å²) in [6.07, 6.45) is 2.62. The molecule has 0 fully saturated rings. The standard InChI is InChI=1S/C17H18BrNO2/c1-10-5-11(2)16(19-9-10)15(20)8-13-7-14(18)6-12-3-4-21-17(12)13/h5-7,9,15,20H,3-4,8H2,1-2H3. The van der Waals surface area contributed by atoms with E-state index in [4.69, 9.17) is 4.74 Å². The first kappa shape index (κ1) is 14.5. The molecule has 0 radical (unpaired) electrons. The van der Waals surface area contributed by atoms with E-state index in [1.165, 1.54) is 5.56 Å². The Kier molecular flexibility index (Phi) is 4.00. The summed E-state index contributed by atoms with van der Waals surface area (Å²) in [6.45, 7) is 4.71. The Morgan fingerprint density at radius 2 is 2.14 bits per heavy atom. The van der Waals surface area contributed by atoms with Crippen molar-refractivity contribution in [1.82, 2.24) is 4.98 Å². The molecule has 1 atom stereocenters. The molecular weight excluding hydrogens is 330 g/mol.